The van der Waals surface area contributed by atoms with E-state index in [1.54, 1.807) is 36.4 Å². The molecule has 6 nitrogen and oxygen atoms in total. The number of benzene rings is 2. The maximum absolute atomic E-state index is 12.3. The predicted molar refractivity (Wildman–Crippen MR) is 100 cm³/mol. The SMILES string of the molecule is Cc1cc(C)n(Cc2ccc(C(=O)Nc3ccc(C(N)=O)cc3)cc2)n1. The summed E-state index contributed by atoms with van der Waals surface area (Å²) in [6, 6.07) is 15.9. The van der Waals surface area contributed by atoms with E-state index in [0.717, 1.165) is 17.0 Å². The van der Waals surface area contributed by atoms with Crippen molar-refractivity contribution < 1.29 is 9.59 Å². The molecule has 2 amide bonds. The number of aryl methyl sites for hydroxylation is 2. The zero-order chi connectivity index (χ0) is 18.7. The molecule has 0 aliphatic rings. The van der Waals surface area contributed by atoms with E-state index in [0.29, 0.717) is 23.4 Å². The summed E-state index contributed by atoms with van der Waals surface area (Å²) in [6.45, 7) is 4.65. The van der Waals surface area contributed by atoms with Crippen LogP contribution in [0.1, 0.15) is 37.7 Å². The lowest BCUT2D eigenvalue weighted by molar-refractivity contribution is 0.0998. The highest BCUT2D eigenvalue weighted by Crippen LogP contribution is 2.13. The molecule has 3 N–H and O–H groups in total. The standard InChI is InChI=1S/C20H20N4O2/c1-13-11-14(2)24(23-13)12-15-3-5-17(6-4-15)20(26)22-18-9-7-16(8-10-18)19(21)25/h3-11H,12H2,1-2H3,(H2,21,25)(H,22,26). The summed E-state index contributed by atoms with van der Waals surface area (Å²) in [5, 5.41) is 7.24. The molecule has 0 spiro atoms. The van der Waals surface area contributed by atoms with Crippen molar-refractivity contribution in [1.82, 2.24) is 9.78 Å². The molecule has 0 atom stereocenters. The maximum Gasteiger partial charge on any atom is 0.255 e. The number of amides is 2. The van der Waals surface area contributed by atoms with Crippen molar-refractivity contribution in [3.8, 4) is 0 Å². The summed E-state index contributed by atoms with van der Waals surface area (Å²) in [6.07, 6.45) is 0. The Hall–Kier alpha value is -3.41. The van der Waals surface area contributed by atoms with Gasteiger partial charge in [-0.2, -0.15) is 5.10 Å². The molecule has 0 radical (unpaired) electrons. The zero-order valence-electron chi connectivity index (χ0n) is 14.7. The van der Waals surface area contributed by atoms with Gasteiger partial charge in [0.05, 0.1) is 12.2 Å². The average Bonchev–Trinajstić information content (AvgIpc) is 2.93. The van der Waals surface area contributed by atoms with Crippen molar-refractivity contribution in [2.45, 2.75) is 20.4 Å². The molecule has 3 rings (SSSR count). The van der Waals surface area contributed by atoms with Gasteiger partial charge in [-0.3, -0.25) is 14.3 Å². The van der Waals surface area contributed by atoms with E-state index < -0.39 is 5.91 Å². The van der Waals surface area contributed by atoms with Gasteiger partial charge in [-0.25, -0.2) is 0 Å². The molecular weight excluding hydrogens is 328 g/mol. The van der Waals surface area contributed by atoms with Crippen molar-refractivity contribution in [3.63, 3.8) is 0 Å². The number of hydrogen-bond acceptors (Lipinski definition) is 3. The Morgan fingerprint density at radius 3 is 2.15 bits per heavy atom. The van der Waals surface area contributed by atoms with E-state index >= 15 is 0 Å². The van der Waals surface area contributed by atoms with E-state index in [9.17, 15) is 9.59 Å². The van der Waals surface area contributed by atoms with Crippen LogP contribution in [0.15, 0.2) is 54.6 Å². The molecule has 2 aromatic carbocycles. The molecule has 132 valence electrons. The molecule has 0 fully saturated rings. The van der Waals surface area contributed by atoms with Gasteiger partial charge in [0.25, 0.3) is 5.91 Å². The van der Waals surface area contributed by atoms with Crippen molar-refractivity contribution in [2.24, 2.45) is 5.73 Å². The normalized spacial score (nSPS) is 10.5. The maximum atomic E-state index is 12.3. The van der Waals surface area contributed by atoms with E-state index in [4.69, 9.17) is 5.73 Å². The lowest BCUT2D eigenvalue weighted by Crippen LogP contribution is -2.13. The monoisotopic (exact) mass is 348 g/mol. The number of nitrogens with two attached hydrogens (primary N) is 1. The molecule has 26 heavy (non-hydrogen) atoms. The summed E-state index contributed by atoms with van der Waals surface area (Å²) in [5.74, 6) is -0.712. The summed E-state index contributed by atoms with van der Waals surface area (Å²) in [7, 11) is 0. The number of carbonyl (C=O) groups is 2. The molecule has 1 aromatic heterocycles. The fourth-order valence-electron chi connectivity index (χ4n) is 2.69. The van der Waals surface area contributed by atoms with E-state index in [2.05, 4.69) is 10.4 Å². The number of hydrogen-bond donors (Lipinski definition) is 2. The zero-order valence-corrected chi connectivity index (χ0v) is 14.7. The molecule has 6 heteroatoms. The minimum Gasteiger partial charge on any atom is -0.366 e. The summed E-state index contributed by atoms with van der Waals surface area (Å²) in [5.41, 5.74) is 9.92. The topological polar surface area (TPSA) is 90.0 Å². The van der Waals surface area contributed by atoms with Gasteiger partial charge in [-0.15, -0.1) is 0 Å². The smallest absolute Gasteiger partial charge is 0.255 e. The van der Waals surface area contributed by atoms with Gasteiger partial charge >= 0.3 is 0 Å². The number of primary amides is 1. The van der Waals surface area contributed by atoms with Gasteiger partial charge < -0.3 is 11.1 Å². The molecule has 0 saturated carbocycles. The highest BCUT2D eigenvalue weighted by molar-refractivity contribution is 6.04. The van der Waals surface area contributed by atoms with Crippen LogP contribution >= 0.6 is 0 Å². The van der Waals surface area contributed by atoms with Crippen LogP contribution in [0.3, 0.4) is 0 Å². The third kappa shape index (κ3) is 3.97. The van der Waals surface area contributed by atoms with Crippen LogP contribution in [0.25, 0.3) is 0 Å². The quantitative estimate of drug-likeness (QED) is 0.743. The fourth-order valence-corrected chi connectivity index (χ4v) is 2.69. The van der Waals surface area contributed by atoms with Gasteiger partial charge in [-0.05, 0) is 61.9 Å². The second kappa shape index (κ2) is 7.23. The number of rotatable bonds is 5. The van der Waals surface area contributed by atoms with Crippen molar-refractivity contribution in [2.75, 3.05) is 5.32 Å². The van der Waals surface area contributed by atoms with Crippen LogP contribution in [0, 0.1) is 13.8 Å². The van der Waals surface area contributed by atoms with Crippen LogP contribution in [-0.2, 0) is 6.54 Å². The molecule has 1 heterocycles. The minimum atomic E-state index is -0.499. The van der Waals surface area contributed by atoms with Gasteiger partial charge in [-0.1, -0.05) is 12.1 Å². The molecule has 0 unspecified atom stereocenters. The highest BCUT2D eigenvalue weighted by atomic mass is 16.2. The first-order chi connectivity index (χ1) is 12.4. The molecular formula is C20H20N4O2. The molecule has 0 saturated heterocycles. The van der Waals surface area contributed by atoms with Crippen molar-refractivity contribution in [3.05, 3.63) is 82.7 Å². The fraction of sp³-hybridized carbons (Fsp3) is 0.150. The number of aromatic nitrogens is 2. The van der Waals surface area contributed by atoms with Crippen LogP contribution in [0.2, 0.25) is 0 Å². The molecule has 0 aliphatic heterocycles. The third-order valence-corrected chi connectivity index (χ3v) is 4.08. The van der Waals surface area contributed by atoms with Gasteiger partial charge in [0.2, 0.25) is 5.91 Å². The summed E-state index contributed by atoms with van der Waals surface area (Å²) >= 11 is 0. The first kappa shape index (κ1) is 17.4. The Balaban J connectivity index is 1.66. The summed E-state index contributed by atoms with van der Waals surface area (Å²) in [4.78, 5) is 23.4. The Labute approximate surface area is 151 Å². The lowest BCUT2D eigenvalue weighted by Gasteiger charge is -2.08. The van der Waals surface area contributed by atoms with Gasteiger partial charge in [0, 0.05) is 22.5 Å². The largest absolute Gasteiger partial charge is 0.366 e. The number of anilines is 1. The second-order valence-corrected chi connectivity index (χ2v) is 6.18. The van der Waals surface area contributed by atoms with Crippen LogP contribution < -0.4 is 11.1 Å². The van der Waals surface area contributed by atoms with Gasteiger partial charge in [0.15, 0.2) is 0 Å². The van der Waals surface area contributed by atoms with E-state index in [1.165, 1.54) is 0 Å². The number of nitrogens with one attached hydrogen (secondary N) is 1. The minimum absolute atomic E-state index is 0.213. The Morgan fingerprint density at radius 1 is 1.00 bits per heavy atom. The van der Waals surface area contributed by atoms with E-state index in [1.807, 2.05) is 36.7 Å². The van der Waals surface area contributed by atoms with Crippen molar-refractivity contribution >= 4 is 17.5 Å². The first-order valence-corrected chi connectivity index (χ1v) is 8.23. The van der Waals surface area contributed by atoms with Crippen LogP contribution in [0.5, 0.6) is 0 Å². The Bertz CT molecular complexity index is 941. The predicted octanol–water partition coefficient (Wildman–Crippen LogP) is 2.90. The third-order valence-electron chi connectivity index (χ3n) is 4.08. The van der Waals surface area contributed by atoms with E-state index in [-0.39, 0.29) is 5.91 Å². The molecule has 0 bridgehead atoms. The van der Waals surface area contributed by atoms with Gasteiger partial charge in [0.1, 0.15) is 0 Å². The Kier molecular flexibility index (Phi) is 4.84. The second-order valence-electron chi connectivity index (χ2n) is 6.18. The highest BCUT2D eigenvalue weighted by Gasteiger charge is 2.08. The van der Waals surface area contributed by atoms with Crippen molar-refractivity contribution in [1.29, 1.82) is 0 Å². The summed E-state index contributed by atoms with van der Waals surface area (Å²) < 4.78 is 1.94. The molecule has 3 aromatic rings. The molecule has 0 aliphatic carbocycles. The Morgan fingerprint density at radius 2 is 1.62 bits per heavy atom. The lowest BCUT2D eigenvalue weighted by atomic mass is 10.1. The van der Waals surface area contributed by atoms with Crippen LogP contribution in [0.4, 0.5) is 5.69 Å². The first-order valence-electron chi connectivity index (χ1n) is 8.23. The number of nitrogens with zero attached hydrogens (tertiary/aromatic N) is 2. The average molecular weight is 348 g/mol. The number of carbonyl (C=O) groups excluding carboxylic acids is 2. The van der Waals surface area contributed by atoms with Crippen LogP contribution in [-0.4, -0.2) is 21.6 Å².